The average Bonchev–Trinajstić information content (AvgIpc) is 2.53. The molecule has 0 atom stereocenters. The van der Waals surface area contributed by atoms with Crippen molar-refractivity contribution in [1.82, 2.24) is 0 Å². The van der Waals surface area contributed by atoms with Crippen LogP contribution in [0.4, 0.5) is 0 Å². The topological polar surface area (TPSA) is 12.4 Å². The number of allylic oxidation sites excluding steroid dienone is 6. The van der Waals surface area contributed by atoms with Crippen LogP contribution in [0.1, 0.15) is 27.2 Å². The number of hydrogen-bond acceptors (Lipinski definition) is 1. The molecule has 0 heterocycles. The summed E-state index contributed by atoms with van der Waals surface area (Å²) in [7, 11) is 0. The Balaban J connectivity index is 2.61. The summed E-state index contributed by atoms with van der Waals surface area (Å²) >= 11 is 2.32. The predicted octanol–water partition coefficient (Wildman–Crippen LogP) is 4.06. The standard InChI is InChI=1S/C12H16IN/c1-10(11-6-4-5-7-11)8-9-14-12(2,3)13/h4,6-9H,5H2,1-3H3/b10-8+,14-9?. The summed E-state index contributed by atoms with van der Waals surface area (Å²) in [4.78, 5) is 4.40. The zero-order valence-corrected chi connectivity index (χ0v) is 11.1. The van der Waals surface area contributed by atoms with E-state index in [0.717, 1.165) is 6.42 Å². The van der Waals surface area contributed by atoms with Gasteiger partial charge in [0.2, 0.25) is 0 Å². The summed E-state index contributed by atoms with van der Waals surface area (Å²) in [6, 6.07) is 0. The summed E-state index contributed by atoms with van der Waals surface area (Å²) in [5.41, 5.74) is 2.60. The minimum Gasteiger partial charge on any atom is -0.277 e. The van der Waals surface area contributed by atoms with Crippen LogP contribution in [-0.2, 0) is 0 Å². The van der Waals surface area contributed by atoms with Crippen molar-refractivity contribution in [2.24, 2.45) is 4.99 Å². The van der Waals surface area contributed by atoms with Gasteiger partial charge < -0.3 is 0 Å². The van der Waals surface area contributed by atoms with Crippen molar-refractivity contribution in [2.45, 2.75) is 30.7 Å². The molecular weight excluding hydrogens is 285 g/mol. The lowest BCUT2D eigenvalue weighted by Gasteiger charge is -2.07. The van der Waals surface area contributed by atoms with Gasteiger partial charge in [0.15, 0.2) is 0 Å². The molecule has 0 saturated carbocycles. The van der Waals surface area contributed by atoms with E-state index in [1.165, 1.54) is 11.1 Å². The van der Waals surface area contributed by atoms with Gasteiger partial charge in [-0.3, -0.25) is 4.99 Å². The molecule has 2 heteroatoms. The van der Waals surface area contributed by atoms with Crippen LogP contribution in [0.5, 0.6) is 0 Å². The molecule has 0 bridgehead atoms. The van der Waals surface area contributed by atoms with E-state index in [-0.39, 0.29) is 3.55 Å². The molecule has 0 radical (unpaired) electrons. The molecule has 14 heavy (non-hydrogen) atoms. The molecule has 0 unspecified atom stereocenters. The van der Waals surface area contributed by atoms with E-state index < -0.39 is 0 Å². The Hall–Kier alpha value is -0.380. The van der Waals surface area contributed by atoms with Gasteiger partial charge in [-0.15, -0.1) is 0 Å². The maximum absolute atomic E-state index is 4.40. The van der Waals surface area contributed by atoms with E-state index in [4.69, 9.17) is 0 Å². The third-order valence-corrected chi connectivity index (χ3v) is 2.21. The van der Waals surface area contributed by atoms with Crippen molar-refractivity contribution in [3.05, 3.63) is 35.5 Å². The summed E-state index contributed by atoms with van der Waals surface area (Å²) in [6.45, 7) is 6.29. The van der Waals surface area contributed by atoms with Crippen LogP contribution in [-0.4, -0.2) is 9.76 Å². The number of halogens is 1. The smallest absolute Gasteiger partial charge is 0.106 e. The zero-order valence-electron chi connectivity index (χ0n) is 8.92. The van der Waals surface area contributed by atoms with Crippen molar-refractivity contribution >= 4 is 28.8 Å². The molecule has 1 aliphatic carbocycles. The number of hydrogen-bond donors (Lipinski definition) is 0. The predicted molar refractivity (Wildman–Crippen MR) is 72.2 cm³/mol. The van der Waals surface area contributed by atoms with Crippen LogP contribution in [0.3, 0.4) is 0 Å². The Kier molecular flexibility index (Phi) is 4.11. The van der Waals surface area contributed by atoms with Gasteiger partial charge in [0.25, 0.3) is 0 Å². The summed E-state index contributed by atoms with van der Waals surface area (Å²) in [5.74, 6) is 0. The van der Waals surface area contributed by atoms with E-state index in [9.17, 15) is 0 Å². The molecule has 0 spiro atoms. The molecular formula is C12H16IN. The largest absolute Gasteiger partial charge is 0.277 e. The maximum Gasteiger partial charge on any atom is 0.106 e. The van der Waals surface area contributed by atoms with Crippen molar-refractivity contribution in [2.75, 3.05) is 0 Å². The molecule has 1 rings (SSSR count). The number of rotatable bonds is 3. The van der Waals surface area contributed by atoms with Crippen LogP contribution >= 0.6 is 22.6 Å². The molecule has 1 aliphatic rings. The van der Waals surface area contributed by atoms with Gasteiger partial charge in [0.05, 0.1) is 0 Å². The molecule has 0 N–H and O–H groups in total. The highest BCUT2D eigenvalue weighted by Crippen LogP contribution is 2.19. The Morgan fingerprint density at radius 1 is 1.57 bits per heavy atom. The van der Waals surface area contributed by atoms with Gasteiger partial charge in [-0.25, -0.2) is 0 Å². The molecule has 1 nitrogen and oxygen atoms in total. The van der Waals surface area contributed by atoms with Crippen LogP contribution in [0.15, 0.2) is 40.4 Å². The van der Waals surface area contributed by atoms with E-state index in [0.29, 0.717) is 0 Å². The van der Waals surface area contributed by atoms with Crippen LogP contribution in [0.2, 0.25) is 0 Å². The molecule has 76 valence electrons. The second kappa shape index (κ2) is 4.91. The first-order chi connectivity index (χ1) is 6.49. The molecule has 0 fully saturated rings. The summed E-state index contributed by atoms with van der Waals surface area (Å²) < 4.78 is -0.00552. The normalized spacial score (nSPS) is 18.0. The highest BCUT2D eigenvalue weighted by Gasteiger charge is 2.06. The van der Waals surface area contributed by atoms with Gasteiger partial charge in [-0.2, -0.15) is 0 Å². The van der Waals surface area contributed by atoms with E-state index >= 15 is 0 Å². The van der Waals surface area contributed by atoms with E-state index in [1.807, 2.05) is 6.21 Å². The lowest BCUT2D eigenvalue weighted by molar-refractivity contribution is 0.807. The molecule has 0 amide bonds. The first kappa shape index (κ1) is 11.7. The maximum atomic E-state index is 4.40. The van der Waals surface area contributed by atoms with Gasteiger partial charge in [-0.1, -0.05) is 40.8 Å². The fourth-order valence-electron chi connectivity index (χ4n) is 1.17. The molecule has 0 aromatic heterocycles. The SMILES string of the molecule is C/C(=C\C=NC(C)(C)I)C1=CCC=C1. The summed E-state index contributed by atoms with van der Waals surface area (Å²) in [6.07, 6.45) is 11.6. The zero-order chi connectivity index (χ0) is 10.6. The van der Waals surface area contributed by atoms with Crippen molar-refractivity contribution in [1.29, 1.82) is 0 Å². The van der Waals surface area contributed by atoms with Gasteiger partial charge in [0.1, 0.15) is 3.55 Å². The minimum atomic E-state index is -0.00552. The second-order valence-electron chi connectivity index (χ2n) is 3.84. The van der Waals surface area contributed by atoms with Gasteiger partial charge in [-0.05, 0) is 44.4 Å². The number of nitrogens with zero attached hydrogens (tertiary/aromatic N) is 1. The first-order valence-electron chi connectivity index (χ1n) is 4.77. The van der Waals surface area contributed by atoms with E-state index in [2.05, 4.69) is 72.7 Å². The quantitative estimate of drug-likeness (QED) is 0.323. The first-order valence-corrected chi connectivity index (χ1v) is 5.85. The third kappa shape index (κ3) is 4.22. The molecule has 0 aromatic carbocycles. The van der Waals surface area contributed by atoms with Gasteiger partial charge in [0, 0.05) is 6.21 Å². The minimum absolute atomic E-state index is 0.00552. The van der Waals surface area contributed by atoms with E-state index in [1.54, 1.807) is 0 Å². The molecule has 0 aliphatic heterocycles. The fraction of sp³-hybridized carbons (Fsp3) is 0.417. The van der Waals surface area contributed by atoms with Crippen molar-refractivity contribution in [3.8, 4) is 0 Å². The lowest BCUT2D eigenvalue weighted by atomic mass is 10.1. The highest BCUT2D eigenvalue weighted by molar-refractivity contribution is 14.1. The lowest BCUT2D eigenvalue weighted by Crippen LogP contribution is -2.03. The summed E-state index contributed by atoms with van der Waals surface area (Å²) in [5, 5.41) is 0. The molecule has 0 saturated heterocycles. The van der Waals surface area contributed by atoms with Crippen molar-refractivity contribution < 1.29 is 0 Å². The Labute approximate surface area is 99.8 Å². The van der Waals surface area contributed by atoms with Crippen LogP contribution in [0, 0.1) is 0 Å². The van der Waals surface area contributed by atoms with Crippen LogP contribution in [0.25, 0.3) is 0 Å². The van der Waals surface area contributed by atoms with Gasteiger partial charge >= 0.3 is 0 Å². The number of aliphatic imine (C=N–C) groups is 1. The second-order valence-corrected chi connectivity index (χ2v) is 6.48. The average molecular weight is 301 g/mol. The third-order valence-electron chi connectivity index (χ3n) is 1.93. The Morgan fingerprint density at radius 3 is 2.79 bits per heavy atom. The highest BCUT2D eigenvalue weighted by atomic mass is 127. The van der Waals surface area contributed by atoms with Crippen molar-refractivity contribution in [3.63, 3.8) is 0 Å². The Bertz CT molecular complexity index is 314. The Morgan fingerprint density at radius 2 is 2.29 bits per heavy atom. The molecule has 0 aromatic rings. The number of alkyl halides is 1. The monoisotopic (exact) mass is 301 g/mol. The van der Waals surface area contributed by atoms with Crippen LogP contribution < -0.4 is 0 Å². The fourth-order valence-corrected chi connectivity index (χ4v) is 1.33.